The predicted molar refractivity (Wildman–Crippen MR) is 65.2 cm³/mol. The number of aryl methyl sites for hydroxylation is 1. The van der Waals surface area contributed by atoms with Crippen LogP contribution >= 0.6 is 0 Å². The molecule has 0 aromatic carbocycles. The molecule has 0 aliphatic carbocycles. The van der Waals surface area contributed by atoms with E-state index in [0.29, 0.717) is 11.6 Å². The van der Waals surface area contributed by atoms with Gasteiger partial charge in [0.05, 0.1) is 5.69 Å². The zero-order chi connectivity index (χ0) is 12.1. The van der Waals surface area contributed by atoms with Gasteiger partial charge in [-0.25, -0.2) is 19.9 Å². The average molecular weight is 229 g/mol. The van der Waals surface area contributed by atoms with Crippen LogP contribution in [0.3, 0.4) is 0 Å². The lowest BCUT2D eigenvalue weighted by atomic mass is 10.3. The molecule has 0 saturated carbocycles. The van der Waals surface area contributed by atoms with Gasteiger partial charge in [-0.05, 0) is 25.6 Å². The Balaban J connectivity index is 2.32. The molecule has 5 heteroatoms. The Hall–Kier alpha value is -1.88. The van der Waals surface area contributed by atoms with Crippen molar-refractivity contribution in [1.29, 1.82) is 0 Å². The maximum Gasteiger partial charge on any atom is 0.198 e. The van der Waals surface area contributed by atoms with Crippen LogP contribution in [0, 0.1) is 6.92 Å². The molecule has 0 radical (unpaired) electrons. The summed E-state index contributed by atoms with van der Waals surface area (Å²) in [5, 5.41) is 3.24. The summed E-state index contributed by atoms with van der Waals surface area (Å²) in [5.41, 5.74) is 1.89. The van der Waals surface area contributed by atoms with E-state index in [2.05, 4.69) is 32.2 Å². The Bertz CT molecular complexity index is 484. The molecule has 0 aliphatic heterocycles. The summed E-state index contributed by atoms with van der Waals surface area (Å²) in [6.45, 7) is 5.67. The first-order valence-corrected chi connectivity index (χ1v) is 5.62. The minimum absolute atomic E-state index is 0.564. The molecule has 17 heavy (non-hydrogen) atoms. The van der Waals surface area contributed by atoms with Crippen molar-refractivity contribution >= 4 is 0 Å². The lowest BCUT2D eigenvalue weighted by molar-refractivity contribution is 0.707. The molecule has 0 fully saturated rings. The second kappa shape index (κ2) is 5.45. The first kappa shape index (κ1) is 11.6. The van der Waals surface area contributed by atoms with Gasteiger partial charge in [0.15, 0.2) is 11.6 Å². The van der Waals surface area contributed by atoms with E-state index in [9.17, 15) is 0 Å². The van der Waals surface area contributed by atoms with Crippen LogP contribution in [0.25, 0.3) is 11.6 Å². The van der Waals surface area contributed by atoms with E-state index in [4.69, 9.17) is 0 Å². The van der Waals surface area contributed by atoms with Gasteiger partial charge in [0.25, 0.3) is 0 Å². The molecule has 0 saturated heterocycles. The minimum atomic E-state index is 0.564. The van der Waals surface area contributed by atoms with Gasteiger partial charge in [0.1, 0.15) is 0 Å². The summed E-state index contributed by atoms with van der Waals surface area (Å²) in [6.07, 6.45) is 3.38. The smallest absolute Gasteiger partial charge is 0.198 e. The van der Waals surface area contributed by atoms with E-state index < -0.39 is 0 Å². The summed E-state index contributed by atoms with van der Waals surface area (Å²) in [5.74, 6) is 1.15. The van der Waals surface area contributed by atoms with Crippen LogP contribution in [-0.4, -0.2) is 26.5 Å². The first-order valence-electron chi connectivity index (χ1n) is 5.62. The predicted octanol–water partition coefficient (Wildman–Crippen LogP) is 1.35. The third-order valence-corrected chi connectivity index (χ3v) is 2.23. The van der Waals surface area contributed by atoms with E-state index in [0.717, 1.165) is 24.5 Å². The van der Waals surface area contributed by atoms with Gasteiger partial charge in [-0.3, -0.25) is 0 Å². The Labute approximate surface area is 100 Å². The van der Waals surface area contributed by atoms with E-state index in [-0.39, 0.29) is 0 Å². The molecule has 2 aromatic heterocycles. The third-order valence-electron chi connectivity index (χ3n) is 2.23. The Kier molecular flexibility index (Phi) is 3.72. The van der Waals surface area contributed by atoms with Gasteiger partial charge in [-0.1, -0.05) is 6.92 Å². The topological polar surface area (TPSA) is 63.6 Å². The van der Waals surface area contributed by atoms with Crippen molar-refractivity contribution in [3.63, 3.8) is 0 Å². The third kappa shape index (κ3) is 3.04. The molecule has 0 spiro atoms. The summed E-state index contributed by atoms with van der Waals surface area (Å²) < 4.78 is 0. The largest absolute Gasteiger partial charge is 0.311 e. The van der Waals surface area contributed by atoms with Crippen molar-refractivity contribution in [2.45, 2.75) is 20.4 Å². The molecule has 2 rings (SSSR count). The van der Waals surface area contributed by atoms with Crippen molar-refractivity contribution in [3.8, 4) is 11.6 Å². The van der Waals surface area contributed by atoms with Crippen LogP contribution in [-0.2, 0) is 6.54 Å². The Morgan fingerprint density at radius 3 is 2.59 bits per heavy atom. The number of rotatable bonds is 4. The SMILES string of the molecule is CCNCc1cc(C)nc(-c2ncccn2)n1. The number of hydrogen-bond acceptors (Lipinski definition) is 5. The lowest BCUT2D eigenvalue weighted by Crippen LogP contribution is -2.14. The summed E-state index contributed by atoms with van der Waals surface area (Å²) in [7, 11) is 0. The summed E-state index contributed by atoms with van der Waals surface area (Å²) >= 11 is 0. The number of nitrogens with one attached hydrogen (secondary N) is 1. The summed E-state index contributed by atoms with van der Waals surface area (Å²) in [4.78, 5) is 17.1. The highest BCUT2D eigenvalue weighted by atomic mass is 15.0. The number of aromatic nitrogens is 4. The van der Waals surface area contributed by atoms with Crippen molar-refractivity contribution in [1.82, 2.24) is 25.3 Å². The van der Waals surface area contributed by atoms with Crippen LogP contribution < -0.4 is 5.32 Å². The molecule has 0 bridgehead atoms. The molecule has 88 valence electrons. The second-order valence-electron chi connectivity index (χ2n) is 3.68. The molecule has 2 heterocycles. The molecule has 0 unspecified atom stereocenters. The van der Waals surface area contributed by atoms with Gasteiger partial charge < -0.3 is 5.32 Å². The van der Waals surface area contributed by atoms with E-state index >= 15 is 0 Å². The fraction of sp³-hybridized carbons (Fsp3) is 0.333. The van der Waals surface area contributed by atoms with Gasteiger partial charge in [-0.15, -0.1) is 0 Å². The van der Waals surface area contributed by atoms with E-state index in [1.807, 2.05) is 13.0 Å². The molecule has 2 aromatic rings. The summed E-state index contributed by atoms with van der Waals surface area (Å²) in [6, 6.07) is 3.74. The molecule has 1 N–H and O–H groups in total. The molecule has 5 nitrogen and oxygen atoms in total. The maximum absolute atomic E-state index is 4.44. The number of nitrogens with zero attached hydrogens (tertiary/aromatic N) is 4. The highest BCUT2D eigenvalue weighted by Gasteiger charge is 2.06. The fourth-order valence-corrected chi connectivity index (χ4v) is 1.49. The van der Waals surface area contributed by atoms with E-state index in [1.165, 1.54) is 0 Å². The van der Waals surface area contributed by atoms with Crippen molar-refractivity contribution in [2.24, 2.45) is 0 Å². The Morgan fingerprint density at radius 2 is 1.88 bits per heavy atom. The number of hydrogen-bond donors (Lipinski definition) is 1. The second-order valence-corrected chi connectivity index (χ2v) is 3.68. The van der Waals surface area contributed by atoms with E-state index in [1.54, 1.807) is 18.5 Å². The molecular weight excluding hydrogens is 214 g/mol. The monoisotopic (exact) mass is 229 g/mol. The quantitative estimate of drug-likeness (QED) is 0.857. The van der Waals surface area contributed by atoms with Crippen molar-refractivity contribution in [2.75, 3.05) is 6.54 Å². The van der Waals surface area contributed by atoms with Crippen molar-refractivity contribution in [3.05, 3.63) is 35.9 Å². The van der Waals surface area contributed by atoms with Crippen LogP contribution in [0.4, 0.5) is 0 Å². The van der Waals surface area contributed by atoms with Crippen LogP contribution in [0.5, 0.6) is 0 Å². The van der Waals surface area contributed by atoms with Gasteiger partial charge >= 0.3 is 0 Å². The lowest BCUT2D eigenvalue weighted by Gasteiger charge is -2.05. The molecule has 0 aliphatic rings. The zero-order valence-corrected chi connectivity index (χ0v) is 10.0. The van der Waals surface area contributed by atoms with Crippen molar-refractivity contribution < 1.29 is 0 Å². The van der Waals surface area contributed by atoms with Gasteiger partial charge in [-0.2, -0.15) is 0 Å². The molecule has 0 amide bonds. The fourth-order valence-electron chi connectivity index (χ4n) is 1.49. The minimum Gasteiger partial charge on any atom is -0.311 e. The Morgan fingerprint density at radius 1 is 1.12 bits per heavy atom. The van der Waals surface area contributed by atoms with Crippen LogP contribution in [0.2, 0.25) is 0 Å². The zero-order valence-electron chi connectivity index (χ0n) is 10.0. The first-order chi connectivity index (χ1) is 8.29. The maximum atomic E-state index is 4.44. The normalized spacial score (nSPS) is 10.5. The van der Waals surface area contributed by atoms with Gasteiger partial charge in [0, 0.05) is 24.6 Å². The average Bonchev–Trinajstić information content (AvgIpc) is 2.37. The highest BCUT2D eigenvalue weighted by Crippen LogP contribution is 2.10. The molecular formula is C12H15N5. The van der Waals surface area contributed by atoms with Gasteiger partial charge in [0.2, 0.25) is 0 Å². The van der Waals surface area contributed by atoms with Crippen LogP contribution in [0.1, 0.15) is 18.3 Å². The standard InChI is InChI=1S/C12H15N5/c1-3-13-8-10-7-9(2)16-12(17-10)11-14-5-4-6-15-11/h4-7,13H,3,8H2,1-2H3. The highest BCUT2D eigenvalue weighted by molar-refractivity contribution is 5.42. The van der Waals surface area contributed by atoms with Crippen LogP contribution in [0.15, 0.2) is 24.5 Å². The molecule has 0 atom stereocenters.